The lowest BCUT2D eigenvalue weighted by molar-refractivity contribution is -0.146. The normalized spacial score (nSPS) is 19.0. The third kappa shape index (κ3) is 2.57. The van der Waals surface area contributed by atoms with Crippen LogP contribution in [-0.4, -0.2) is 41.6 Å². The number of benzene rings is 1. The number of para-hydroxylation sites is 1. The molecule has 22 heavy (non-hydrogen) atoms. The van der Waals surface area contributed by atoms with Crippen molar-refractivity contribution in [2.75, 3.05) is 6.61 Å². The predicted molar refractivity (Wildman–Crippen MR) is 80.8 cm³/mol. The van der Waals surface area contributed by atoms with Gasteiger partial charge in [0.1, 0.15) is 6.04 Å². The van der Waals surface area contributed by atoms with Gasteiger partial charge in [0.15, 0.2) is 5.84 Å². The number of carbonyl (C=O) groups is 2. The number of fused-ring (bicyclic) bond motifs is 3. The van der Waals surface area contributed by atoms with Crippen molar-refractivity contribution in [2.45, 2.75) is 25.8 Å². The highest BCUT2D eigenvalue weighted by atomic mass is 16.5. The van der Waals surface area contributed by atoms with E-state index < -0.39 is 12.0 Å². The summed E-state index contributed by atoms with van der Waals surface area (Å²) in [4.78, 5) is 29.8. The molecule has 1 aromatic rings. The van der Waals surface area contributed by atoms with E-state index >= 15 is 0 Å². The molecule has 1 atom stereocenters. The standard InChI is InChI=1S/C15H16N4O3/c1-2-7-22-13(20)8-12-15(21)18-17-14-10-5-3-4-6-11(10)16-9-19(12)14/h3-6,9,12H,2,7-8H2,1H3,(H,18,21)/t12-/m0/s1. The fourth-order valence-corrected chi connectivity index (χ4v) is 2.37. The number of esters is 1. The minimum absolute atomic E-state index is 0.0426. The second kappa shape index (κ2) is 5.97. The van der Waals surface area contributed by atoms with Crippen molar-refractivity contribution in [3.63, 3.8) is 0 Å². The van der Waals surface area contributed by atoms with Crippen LogP contribution in [0.1, 0.15) is 25.3 Å². The van der Waals surface area contributed by atoms with Crippen LogP contribution in [0.15, 0.2) is 34.4 Å². The Labute approximate surface area is 127 Å². The predicted octanol–water partition coefficient (Wildman–Crippen LogP) is 1.17. The SMILES string of the molecule is CCCOC(=O)C[C@H]1C(=O)NN=C2c3ccccc3N=CN21. The van der Waals surface area contributed by atoms with Crippen molar-refractivity contribution >= 4 is 29.7 Å². The van der Waals surface area contributed by atoms with E-state index in [1.54, 1.807) is 4.90 Å². The van der Waals surface area contributed by atoms with Gasteiger partial charge in [-0.15, -0.1) is 0 Å². The van der Waals surface area contributed by atoms with E-state index in [1.807, 2.05) is 31.2 Å². The summed E-state index contributed by atoms with van der Waals surface area (Å²) >= 11 is 0. The fourth-order valence-electron chi connectivity index (χ4n) is 2.37. The molecular weight excluding hydrogens is 284 g/mol. The molecule has 0 radical (unpaired) electrons. The molecule has 0 fully saturated rings. The molecule has 1 aromatic carbocycles. The highest BCUT2D eigenvalue weighted by molar-refractivity contribution is 6.14. The van der Waals surface area contributed by atoms with Gasteiger partial charge in [-0.2, -0.15) is 5.10 Å². The van der Waals surface area contributed by atoms with Crippen LogP contribution in [0.5, 0.6) is 0 Å². The summed E-state index contributed by atoms with van der Waals surface area (Å²) in [6.07, 6.45) is 2.24. The summed E-state index contributed by atoms with van der Waals surface area (Å²) < 4.78 is 5.06. The van der Waals surface area contributed by atoms with Crippen LogP contribution in [0.3, 0.4) is 0 Å². The van der Waals surface area contributed by atoms with Crippen LogP contribution in [0.2, 0.25) is 0 Å². The zero-order valence-electron chi connectivity index (χ0n) is 12.2. The third-order valence-corrected chi connectivity index (χ3v) is 3.45. The van der Waals surface area contributed by atoms with Crippen LogP contribution < -0.4 is 5.43 Å². The van der Waals surface area contributed by atoms with Gasteiger partial charge in [0, 0.05) is 5.56 Å². The number of nitrogens with zero attached hydrogens (tertiary/aromatic N) is 3. The van der Waals surface area contributed by atoms with Gasteiger partial charge in [0.2, 0.25) is 0 Å². The summed E-state index contributed by atoms with van der Waals surface area (Å²) in [5, 5.41) is 4.09. The molecule has 2 aliphatic rings. The van der Waals surface area contributed by atoms with Crippen molar-refractivity contribution in [3.8, 4) is 0 Å². The van der Waals surface area contributed by atoms with Gasteiger partial charge >= 0.3 is 5.97 Å². The quantitative estimate of drug-likeness (QED) is 0.846. The lowest BCUT2D eigenvalue weighted by Crippen LogP contribution is -2.54. The Balaban J connectivity index is 1.84. The topological polar surface area (TPSA) is 83.4 Å². The van der Waals surface area contributed by atoms with E-state index in [1.165, 1.54) is 6.34 Å². The first-order valence-corrected chi connectivity index (χ1v) is 7.16. The molecule has 3 rings (SSSR count). The smallest absolute Gasteiger partial charge is 0.308 e. The minimum Gasteiger partial charge on any atom is -0.466 e. The molecule has 7 nitrogen and oxygen atoms in total. The molecule has 7 heteroatoms. The van der Waals surface area contributed by atoms with Crippen molar-refractivity contribution in [1.82, 2.24) is 10.3 Å². The molecule has 2 aliphatic heterocycles. The maximum atomic E-state index is 12.0. The molecule has 2 heterocycles. The minimum atomic E-state index is -0.700. The summed E-state index contributed by atoms with van der Waals surface area (Å²) in [6, 6.07) is 6.80. The van der Waals surface area contributed by atoms with E-state index in [9.17, 15) is 9.59 Å². The number of amides is 1. The van der Waals surface area contributed by atoms with E-state index in [2.05, 4.69) is 15.5 Å². The number of hydrogen-bond acceptors (Lipinski definition) is 6. The first-order chi connectivity index (χ1) is 10.7. The molecular formula is C15H16N4O3. The maximum absolute atomic E-state index is 12.0. The number of carbonyl (C=O) groups excluding carboxylic acids is 2. The van der Waals surface area contributed by atoms with Crippen LogP contribution >= 0.6 is 0 Å². The van der Waals surface area contributed by atoms with Crippen molar-refractivity contribution in [3.05, 3.63) is 29.8 Å². The lowest BCUT2D eigenvalue weighted by atomic mass is 10.1. The maximum Gasteiger partial charge on any atom is 0.308 e. The lowest BCUT2D eigenvalue weighted by Gasteiger charge is -2.34. The molecule has 0 saturated carbocycles. The van der Waals surface area contributed by atoms with Crippen molar-refractivity contribution in [1.29, 1.82) is 0 Å². The van der Waals surface area contributed by atoms with E-state index in [0.717, 1.165) is 17.7 Å². The second-order valence-electron chi connectivity index (χ2n) is 5.02. The number of nitrogens with one attached hydrogen (secondary N) is 1. The second-order valence-corrected chi connectivity index (χ2v) is 5.02. The molecule has 1 N–H and O–H groups in total. The number of ether oxygens (including phenoxy) is 1. The molecule has 0 spiro atoms. The van der Waals surface area contributed by atoms with Gasteiger partial charge in [-0.3, -0.25) is 9.59 Å². The molecule has 114 valence electrons. The number of amidine groups is 1. The Morgan fingerprint density at radius 2 is 2.23 bits per heavy atom. The van der Waals surface area contributed by atoms with Gasteiger partial charge < -0.3 is 9.64 Å². The van der Waals surface area contributed by atoms with Gasteiger partial charge in [-0.05, 0) is 18.6 Å². The van der Waals surface area contributed by atoms with Gasteiger partial charge in [-0.1, -0.05) is 19.1 Å². The molecule has 0 saturated heterocycles. The average Bonchev–Trinajstić information content (AvgIpc) is 2.55. The third-order valence-electron chi connectivity index (χ3n) is 3.45. The summed E-state index contributed by atoms with van der Waals surface area (Å²) in [6.45, 7) is 2.27. The summed E-state index contributed by atoms with van der Waals surface area (Å²) in [5.41, 5.74) is 4.07. The van der Waals surface area contributed by atoms with Gasteiger partial charge in [0.25, 0.3) is 5.91 Å². The van der Waals surface area contributed by atoms with Crippen LogP contribution in [0.4, 0.5) is 5.69 Å². The number of aliphatic imine (C=N–C) groups is 1. The molecule has 0 aliphatic carbocycles. The molecule has 1 amide bonds. The highest BCUT2D eigenvalue weighted by Gasteiger charge is 2.36. The number of hydrogen-bond donors (Lipinski definition) is 1. The van der Waals surface area contributed by atoms with Crippen LogP contribution in [0.25, 0.3) is 0 Å². The van der Waals surface area contributed by atoms with E-state index in [0.29, 0.717) is 12.4 Å². The molecule has 0 bridgehead atoms. The van der Waals surface area contributed by atoms with Crippen molar-refractivity contribution < 1.29 is 14.3 Å². The monoisotopic (exact) mass is 300 g/mol. The Bertz CT molecular complexity index is 669. The number of rotatable bonds is 4. The van der Waals surface area contributed by atoms with Gasteiger partial charge in [0.05, 0.1) is 25.1 Å². The largest absolute Gasteiger partial charge is 0.466 e. The summed E-state index contributed by atoms with van der Waals surface area (Å²) in [5.74, 6) is -0.169. The molecule has 0 aromatic heterocycles. The Morgan fingerprint density at radius 3 is 3.05 bits per heavy atom. The summed E-state index contributed by atoms with van der Waals surface area (Å²) in [7, 11) is 0. The molecule has 0 unspecified atom stereocenters. The Morgan fingerprint density at radius 1 is 1.41 bits per heavy atom. The van der Waals surface area contributed by atoms with Crippen LogP contribution in [0, 0.1) is 0 Å². The zero-order chi connectivity index (χ0) is 15.5. The number of hydrazone groups is 1. The van der Waals surface area contributed by atoms with Gasteiger partial charge in [-0.25, -0.2) is 10.4 Å². The Hall–Kier alpha value is -2.70. The highest BCUT2D eigenvalue weighted by Crippen LogP contribution is 2.27. The van der Waals surface area contributed by atoms with Crippen molar-refractivity contribution in [2.24, 2.45) is 10.1 Å². The Kier molecular flexibility index (Phi) is 3.86. The first kappa shape index (κ1) is 14.2. The van der Waals surface area contributed by atoms with Crippen LogP contribution in [-0.2, 0) is 14.3 Å². The fraction of sp³-hybridized carbons (Fsp3) is 0.333. The zero-order valence-corrected chi connectivity index (χ0v) is 12.2. The van der Waals surface area contributed by atoms with E-state index in [-0.39, 0.29) is 12.3 Å². The first-order valence-electron chi connectivity index (χ1n) is 7.16. The average molecular weight is 300 g/mol. The van der Waals surface area contributed by atoms with E-state index in [4.69, 9.17) is 4.74 Å².